The SMILES string of the molecule is Cl.Nc1cccc(O)c1-c1cccs1.OB(O)O. The van der Waals surface area contributed by atoms with Crippen molar-refractivity contribution in [2.24, 2.45) is 0 Å². The summed E-state index contributed by atoms with van der Waals surface area (Å²) >= 11 is 1.56. The maximum Gasteiger partial charge on any atom is 0.631 e. The molecule has 0 bridgehead atoms. The molecule has 1 aromatic heterocycles. The molecule has 0 atom stereocenters. The Balaban J connectivity index is 0.000000512. The van der Waals surface area contributed by atoms with E-state index in [4.69, 9.17) is 20.8 Å². The first-order valence-corrected chi connectivity index (χ1v) is 5.56. The Labute approximate surface area is 115 Å². The number of hydrogen-bond acceptors (Lipinski definition) is 6. The minimum absolute atomic E-state index is 0. The topological polar surface area (TPSA) is 107 Å². The average Bonchev–Trinajstić information content (AvgIpc) is 2.69. The lowest BCUT2D eigenvalue weighted by atomic mass is 10.1. The molecular weight excluding hydrogens is 276 g/mol. The fraction of sp³-hybridized carbons (Fsp3) is 0. The molecule has 0 saturated heterocycles. The molecule has 2 aromatic rings. The normalized spacial score (nSPS) is 8.83. The van der Waals surface area contributed by atoms with Crippen molar-refractivity contribution < 1.29 is 20.2 Å². The Morgan fingerprint density at radius 3 is 2.11 bits per heavy atom. The third-order valence-electron chi connectivity index (χ3n) is 1.84. The second-order valence-electron chi connectivity index (χ2n) is 3.07. The van der Waals surface area contributed by atoms with Crippen LogP contribution in [-0.4, -0.2) is 27.5 Å². The molecule has 0 spiro atoms. The second kappa shape index (κ2) is 7.96. The zero-order chi connectivity index (χ0) is 12.8. The summed E-state index contributed by atoms with van der Waals surface area (Å²) in [6, 6.07) is 9.05. The van der Waals surface area contributed by atoms with Crippen molar-refractivity contribution >= 4 is 36.8 Å². The summed E-state index contributed by atoms with van der Waals surface area (Å²) in [5.74, 6) is 0.238. The molecule has 0 aliphatic heterocycles. The number of thiophene rings is 1. The molecule has 18 heavy (non-hydrogen) atoms. The Morgan fingerprint density at radius 2 is 1.67 bits per heavy atom. The Bertz CT molecular complexity index is 444. The number of nitrogen functional groups attached to an aromatic ring is 1. The third-order valence-corrected chi connectivity index (χ3v) is 2.73. The second-order valence-corrected chi connectivity index (χ2v) is 4.01. The molecule has 8 heteroatoms. The standard InChI is InChI=1S/C10H9NOS.BH3O3.ClH/c11-7-3-1-4-8(12)10(7)9-5-2-6-13-9;2-1(3)4;/h1-6,12H,11H2;2-4H;1H. The minimum Gasteiger partial charge on any atom is -0.507 e. The van der Waals surface area contributed by atoms with Gasteiger partial charge in [-0.2, -0.15) is 0 Å². The summed E-state index contributed by atoms with van der Waals surface area (Å²) in [4.78, 5) is 0.996. The van der Waals surface area contributed by atoms with E-state index >= 15 is 0 Å². The molecule has 1 heterocycles. The molecule has 0 unspecified atom stereocenters. The van der Waals surface area contributed by atoms with Gasteiger partial charge in [0.25, 0.3) is 0 Å². The van der Waals surface area contributed by atoms with E-state index in [2.05, 4.69) is 0 Å². The molecule has 0 radical (unpaired) electrons. The van der Waals surface area contributed by atoms with Gasteiger partial charge in [0.15, 0.2) is 0 Å². The van der Waals surface area contributed by atoms with E-state index in [0.717, 1.165) is 10.4 Å². The van der Waals surface area contributed by atoms with Crippen molar-refractivity contribution in [2.45, 2.75) is 0 Å². The first kappa shape index (κ1) is 16.8. The maximum atomic E-state index is 9.59. The molecule has 0 fully saturated rings. The van der Waals surface area contributed by atoms with Gasteiger partial charge in [0.05, 0.1) is 5.56 Å². The van der Waals surface area contributed by atoms with Gasteiger partial charge in [-0.1, -0.05) is 12.1 Å². The number of rotatable bonds is 1. The Kier molecular flexibility index (Phi) is 7.41. The lowest BCUT2D eigenvalue weighted by molar-refractivity contribution is 0.278. The van der Waals surface area contributed by atoms with E-state index in [1.54, 1.807) is 29.5 Å². The molecule has 1 aromatic carbocycles. The van der Waals surface area contributed by atoms with Crippen LogP contribution < -0.4 is 5.73 Å². The fourth-order valence-corrected chi connectivity index (χ4v) is 2.05. The van der Waals surface area contributed by atoms with E-state index in [9.17, 15) is 5.11 Å². The maximum absolute atomic E-state index is 9.59. The number of phenolic OH excluding ortho intramolecular Hbond substituents is 1. The largest absolute Gasteiger partial charge is 0.631 e. The van der Waals surface area contributed by atoms with Gasteiger partial charge in [0, 0.05) is 10.6 Å². The summed E-state index contributed by atoms with van der Waals surface area (Å²) in [6.07, 6.45) is 0. The van der Waals surface area contributed by atoms with Crippen LogP contribution in [0.5, 0.6) is 5.75 Å². The molecule has 98 valence electrons. The van der Waals surface area contributed by atoms with Crippen molar-refractivity contribution in [3.05, 3.63) is 35.7 Å². The zero-order valence-electron chi connectivity index (χ0n) is 9.22. The predicted molar refractivity (Wildman–Crippen MR) is 75.5 cm³/mol. The molecule has 0 saturated carbocycles. The lowest BCUT2D eigenvalue weighted by Crippen LogP contribution is -2.07. The molecule has 5 nitrogen and oxygen atoms in total. The van der Waals surface area contributed by atoms with Crippen molar-refractivity contribution in [1.29, 1.82) is 0 Å². The molecule has 0 aliphatic carbocycles. The van der Waals surface area contributed by atoms with Gasteiger partial charge in [0.1, 0.15) is 5.75 Å². The molecule has 0 aliphatic rings. The summed E-state index contributed by atoms with van der Waals surface area (Å²) in [6.45, 7) is 0. The first-order chi connectivity index (χ1) is 8.02. The van der Waals surface area contributed by atoms with E-state index in [-0.39, 0.29) is 18.2 Å². The number of anilines is 1. The van der Waals surface area contributed by atoms with Gasteiger partial charge in [-0.3, -0.25) is 0 Å². The van der Waals surface area contributed by atoms with Crippen LogP contribution in [0.15, 0.2) is 35.7 Å². The molecular formula is C10H13BClNO4S. The van der Waals surface area contributed by atoms with Crippen LogP contribution in [0.1, 0.15) is 0 Å². The van der Waals surface area contributed by atoms with E-state index < -0.39 is 7.32 Å². The summed E-state index contributed by atoms with van der Waals surface area (Å²) in [5, 5.41) is 33.0. The zero-order valence-corrected chi connectivity index (χ0v) is 10.9. The minimum atomic E-state index is -2.17. The number of halogens is 1. The van der Waals surface area contributed by atoms with Crippen molar-refractivity contribution in [3.8, 4) is 16.2 Å². The highest BCUT2D eigenvalue weighted by Crippen LogP contribution is 2.36. The number of aromatic hydroxyl groups is 1. The highest BCUT2D eigenvalue weighted by Gasteiger charge is 2.07. The Morgan fingerprint density at radius 1 is 1.06 bits per heavy atom. The van der Waals surface area contributed by atoms with Crippen LogP contribution in [0.2, 0.25) is 0 Å². The molecule has 2 rings (SSSR count). The smallest absolute Gasteiger partial charge is 0.507 e. The third kappa shape index (κ3) is 4.95. The van der Waals surface area contributed by atoms with Gasteiger partial charge < -0.3 is 25.9 Å². The fourth-order valence-electron chi connectivity index (χ4n) is 1.25. The average molecular weight is 290 g/mol. The number of benzene rings is 1. The van der Waals surface area contributed by atoms with Gasteiger partial charge in [-0.05, 0) is 23.6 Å². The van der Waals surface area contributed by atoms with Crippen molar-refractivity contribution in [3.63, 3.8) is 0 Å². The van der Waals surface area contributed by atoms with Crippen LogP contribution in [0.4, 0.5) is 5.69 Å². The van der Waals surface area contributed by atoms with Crippen molar-refractivity contribution in [1.82, 2.24) is 0 Å². The number of phenols is 1. The van der Waals surface area contributed by atoms with Gasteiger partial charge in [-0.25, -0.2) is 0 Å². The van der Waals surface area contributed by atoms with E-state index in [1.165, 1.54) is 0 Å². The van der Waals surface area contributed by atoms with Crippen LogP contribution in [0, 0.1) is 0 Å². The summed E-state index contributed by atoms with van der Waals surface area (Å²) in [7, 11) is -2.17. The Hall–Kier alpha value is -1.25. The quantitative estimate of drug-likeness (QED) is 0.399. The molecule has 6 N–H and O–H groups in total. The number of nitrogens with two attached hydrogens (primary N) is 1. The van der Waals surface area contributed by atoms with Gasteiger partial charge >= 0.3 is 7.32 Å². The lowest BCUT2D eigenvalue weighted by Gasteiger charge is -2.04. The van der Waals surface area contributed by atoms with Gasteiger partial charge in [0.2, 0.25) is 0 Å². The van der Waals surface area contributed by atoms with E-state index in [1.807, 2.05) is 17.5 Å². The first-order valence-electron chi connectivity index (χ1n) is 4.68. The van der Waals surface area contributed by atoms with E-state index in [0.29, 0.717) is 5.69 Å². The van der Waals surface area contributed by atoms with Gasteiger partial charge in [-0.15, -0.1) is 23.7 Å². The predicted octanol–water partition coefficient (Wildman–Crippen LogP) is 1.07. The van der Waals surface area contributed by atoms with Crippen LogP contribution in [0.3, 0.4) is 0 Å². The van der Waals surface area contributed by atoms with Crippen molar-refractivity contribution in [2.75, 3.05) is 5.73 Å². The highest BCUT2D eigenvalue weighted by molar-refractivity contribution is 7.13. The molecule has 0 amide bonds. The summed E-state index contributed by atoms with van der Waals surface area (Å²) < 4.78 is 0. The van der Waals surface area contributed by atoms with Crippen LogP contribution in [-0.2, 0) is 0 Å². The monoisotopic (exact) mass is 289 g/mol. The van der Waals surface area contributed by atoms with Crippen LogP contribution in [0.25, 0.3) is 10.4 Å². The number of hydrogen-bond donors (Lipinski definition) is 5. The van der Waals surface area contributed by atoms with Crippen LogP contribution >= 0.6 is 23.7 Å². The highest BCUT2D eigenvalue weighted by atomic mass is 35.5. The summed E-state index contributed by atoms with van der Waals surface area (Å²) in [5.41, 5.74) is 7.11.